The van der Waals surface area contributed by atoms with Gasteiger partial charge in [0.2, 0.25) is 5.91 Å². The van der Waals surface area contributed by atoms with Crippen LogP contribution in [0.5, 0.6) is 5.75 Å². The number of hydrogen-bond acceptors (Lipinski definition) is 6. The summed E-state index contributed by atoms with van der Waals surface area (Å²) in [5.74, 6) is 0.516. The van der Waals surface area contributed by atoms with Gasteiger partial charge in [0.25, 0.3) is 5.91 Å². The topological polar surface area (TPSA) is 99.9 Å². The first-order valence-electron chi connectivity index (χ1n) is 10.6. The molecule has 0 radical (unpaired) electrons. The SMILES string of the molecule is CC(=O)N1CCN([C@@H]2[C@@H](O)[C@H](Oc3ccccc3)C[C@H]2NC(=O)c2cnn(C)c2)CC1. The van der Waals surface area contributed by atoms with Crippen molar-refractivity contribution in [1.29, 1.82) is 0 Å². The third kappa shape index (κ3) is 4.72. The minimum atomic E-state index is -0.775. The highest BCUT2D eigenvalue weighted by molar-refractivity contribution is 5.94. The second kappa shape index (κ2) is 9.07. The van der Waals surface area contributed by atoms with Crippen molar-refractivity contribution in [3.8, 4) is 5.75 Å². The number of aliphatic hydroxyl groups excluding tert-OH is 1. The first-order valence-corrected chi connectivity index (χ1v) is 10.6. The Labute approximate surface area is 181 Å². The molecule has 1 saturated carbocycles. The van der Waals surface area contributed by atoms with Gasteiger partial charge >= 0.3 is 0 Å². The highest BCUT2D eigenvalue weighted by Gasteiger charge is 2.48. The van der Waals surface area contributed by atoms with Crippen LogP contribution in [-0.2, 0) is 11.8 Å². The number of ether oxygens (including phenoxy) is 1. The maximum atomic E-state index is 12.8. The fourth-order valence-corrected chi connectivity index (χ4v) is 4.52. The van der Waals surface area contributed by atoms with Gasteiger partial charge in [0.05, 0.1) is 23.8 Å². The number of aromatic nitrogens is 2. The second-order valence-electron chi connectivity index (χ2n) is 8.21. The maximum Gasteiger partial charge on any atom is 0.254 e. The number of amides is 2. The number of nitrogens with one attached hydrogen (secondary N) is 1. The molecular weight excluding hydrogens is 398 g/mol. The number of para-hydroxylation sites is 1. The molecule has 1 aliphatic carbocycles. The highest BCUT2D eigenvalue weighted by Crippen LogP contribution is 2.30. The fourth-order valence-electron chi connectivity index (χ4n) is 4.52. The molecule has 1 aromatic heterocycles. The smallest absolute Gasteiger partial charge is 0.254 e. The fraction of sp³-hybridized carbons (Fsp3) is 0.500. The van der Waals surface area contributed by atoms with Crippen molar-refractivity contribution in [2.45, 2.75) is 37.6 Å². The maximum absolute atomic E-state index is 12.8. The molecule has 31 heavy (non-hydrogen) atoms. The van der Waals surface area contributed by atoms with E-state index in [0.29, 0.717) is 43.9 Å². The zero-order valence-electron chi connectivity index (χ0n) is 17.8. The number of carbonyl (C=O) groups is 2. The second-order valence-corrected chi connectivity index (χ2v) is 8.21. The molecule has 9 heteroatoms. The Hall–Kier alpha value is -2.91. The van der Waals surface area contributed by atoms with Gasteiger partial charge in [-0.25, -0.2) is 0 Å². The quantitative estimate of drug-likeness (QED) is 0.710. The lowest BCUT2D eigenvalue weighted by Crippen LogP contribution is -2.59. The van der Waals surface area contributed by atoms with Crippen LogP contribution in [0.1, 0.15) is 23.7 Å². The van der Waals surface area contributed by atoms with Gasteiger partial charge in [-0.05, 0) is 12.1 Å². The molecule has 4 rings (SSSR count). The lowest BCUT2D eigenvalue weighted by Gasteiger charge is -2.41. The van der Waals surface area contributed by atoms with Gasteiger partial charge in [-0.2, -0.15) is 5.10 Å². The lowest BCUT2D eigenvalue weighted by molar-refractivity contribution is -0.131. The van der Waals surface area contributed by atoms with Crippen molar-refractivity contribution in [2.75, 3.05) is 26.2 Å². The number of rotatable bonds is 5. The molecule has 4 atom stereocenters. The summed E-state index contributed by atoms with van der Waals surface area (Å²) in [6.07, 6.45) is 2.46. The summed E-state index contributed by atoms with van der Waals surface area (Å²) in [5, 5.41) is 18.3. The van der Waals surface area contributed by atoms with Gasteiger partial charge in [-0.3, -0.25) is 19.2 Å². The number of nitrogens with zero attached hydrogens (tertiary/aromatic N) is 4. The summed E-state index contributed by atoms with van der Waals surface area (Å²) < 4.78 is 7.66. The van der Waals surface area contributed by atoms with Crippen LogP contribution in [0.3, 0.4) is 0 Å². The number of benzene rings is 1. The summed E-state index contributed by atoms with van der Waals surface area (Å²) in [6, 6.07) is 8.80. The highest BCUT2D eigenvalue weighted by atomic mass is 16.5. The van der Waals surface area contributed by atoms with E-state index >= 15 is 0 Å². The molecule has 2 aliphatic rings. The summed E-state index contributed by atoms with van der Waals surface area (Å²) in [6.45, 7) is 4.05. The Bertz CT molecular complexity index is 910. The van der Waals surface area contributed by atoms with Gasteiger partial charge in [0.1, 0.15) is 18.0 Å². The van der Waals surface area contributed by atoms with Gasteiger partial charge < -0.3 is 20.1 Å². The van der Waals surface area contributed by atoms with Crippen LogP contribution in [0, 0.1) is 0 Å². The summed E-state index contributed by atoms with van der Waals surface area (Å²) in [4.78, 5) is 28.4. The normalized spacial score (nSPS) is 26.6. The number of aliphatic hydroxyl groups is 1. The van der Waals surface area contributed by atoms with Crippen molar-refractivity contribution in [1.82, 2.24) is 24.9 Å². The predicted molar refractivity (Wildman–Crippen MR) is 114 cm³/mol. The monoisotopic (exact) mass is 427 g/mol. The van der Waals surface area contributed by atoms with Crippen LogP contribution in [0.15, 0.2) is 42.7 Å². The molecule has 2 amide bonds. The number of hydrogen-bond donors (Lipinski definition) is 2. The zero-order valence-corrected chi connectivity index (χ0v) is 17.8. The molecular formula is C22H29N5O4. The summed E-state index contributed by atoms with van der Waals surface area (Å²) in [7, 11) is 1.76. The van der Waals surface area contributed by atoms with Crippen LogP contribution in [0.2, 0.25) is 0 Å². The number of aryl methyl sites for hydroxylation is 1. The molecule has 1 saturated heterocycles. The minimum Gasteiger partial charge on any atom is -0.488 e. The molecule has 9 nitrogen and oxygen atoms in total. The Morgan fingerprint density at radius 1 is 1.16 bits per heavy atom. The van der Waals surface area contributed by atoms with Crippen LogP contribution in [0.4, 0.5) is 0 Å². The van der Waals surface area contributed by atoms with Gasteiger partial charge in [0, 0.05) is 52.8 Å². The summed E-state index contributed by atoms with van der Waals surface area (Å²) in [5.41, 5.74) is 0.476. The van der Waals surface area contributed by atoms with Crippen LogP contribution >= 0.6 is 0 Å². The third-order valence-electron chi connectivity index (χ3n) is 6.12. The van der Waals surface area contributed by atoms with E-state index in [4.69, 9.17) is 4.74 Å². The average Bonchev–Trinajstić information content (AvgIpc) is 3.32. The molecule has 166 valence electrons. The standard InChI is InChI=1S/C22H29N5O4/c1-15(28)26-8-10-27(11-9-26)20-18(24-22(30)16-13-23-25(2)14-16)12-19(21(20)29)31-17-6-4-3-5-7-17/h3-7,13-14,18-21,29H,8-12H2,1-2H3,(H,24,30)/t18-,19-,20+,21+/m1/s1. The predicted octanol–water partition coefficient (Wildman–Crippen LogP) is 0.263. The van der Waals surface area contributed by atoms with Crippen molar-refractivity contribution in [2.24, 2.45) is 7.05 Å². The van der Waals surface area contributed by atoms with Gasteiger partial charge in [0.15, 0.2) is 0 Å². The first kappa shape index (κ1) is 21.3. The van der Waals surface area contributed by atoms with E-state index in [0.717, 1.165) is 0 Å². The average molecular weight is 428 g/mol. The Morgan fingerprint density at radius 2 is 1.87 bits per heavy atom. The Morgan fingerprint density at radius 3 is 2.48 bits per heavy atom. The largest absolute Gasteiger partial charge is 0.488 e. The van der Waals surface area contributed by atoms with E-state index in [1.807, 2.05) is 30.3 Å². The molecule has 1 aliphatic heterocycles. The molecule has 2 aromatic rings. The third-order valence-corrected chi connectivity index (χ3v) is 6.12. The van der Waals surface area contributed by atoms with E-state index in [1.165, 1.54) is 6.20 Å². The molecule has 2 heterocycles. The van der Waals surface area contributed by atoms with Gasteiger partial charge in [-0.15, -0.1) is 0 Å². The zero-order chi connectivity index (χ0) is 22.0. The Balaban J connectivity index is 1.51. The first-order chi connectivity index (χ1) is 14.9. The van der Waals surface area contributed by atoms with E-state index in [9.17, 15) is 14.7 Å². The molecule has 1 aromatic carbocycles. The van der Waals surface area contributed by atoms with Crippen molar-refractivity contribution >= 4 is 11.8 Å². The van der Waals surface area contributed by atoms with Crippen LogP contribution in [0.25, 0.3) is 0 Å². The summed E-state index contributed by atoms with van der Waals surface area (Å²) >= 11 is 0. The molecule has 2 fully saturated rings. The van der Waals surface area contributed by atoms with E-state index in [-0.39, 0.29) is 23.9 Å². The van der Waals surface area contributed by atoms with Crippen molar-refractivity contribution < 1.29 is 19.4 Å². The van der Waals surface area contributed by atoms with Crippen LogP contribution in [-0.4, -0.2) is 87.0 Å². The molecule has 2 N–H and O–H groups in total. The van der Waals surface area contributed by atoms with E-state index in [1.54, 1.807) is 29.7 Å². The lowest BCUT2D eigenvalue weighted by atomic mass is 10.1. The molecule has 0 spiro atoms. The van der Waals surface area contributed by atoms with E-state index < -0.39 is 12.2 Å². The Kier molecular flexibility index (Phi) is 6.24. The minimum absolute atomic E-state index is 0.0540. The van der Waals surface area contributed by atoms with Crippen molar-refractivity contribution in [3.05, 3.63) is 48.3 Å². The van der Waals surface area contributed by atoms with Crippen LogP contribution < -0.4 is 10.1 Å². The van der Waals surface area contributed by atoms with Crippen molar-refractivity contribution in [3.63, 3.8) is 0 Å². The number of carbonyl (C=O) groups excluding carboxylic acids is 2. The number of piperazine rings is 1. The molecule has 0 bridgehead atoms. The molecule has 0 unspecified atom stereocenters. The van der Waals surface area contributed by atoms with Gasteiger partial charge in [-0.1, -0.05) is 18.2 Å². The van der Waals surface area contributed by atoms with E-state index in [2.05, 4.69) is 15.3 Å².